The van der Waals surface area contributed by atoms with Crippen LogP contribution in [0.2, 0.25) is 0 Å². The monoisotopic (exact) mass is 630 g/mol. The summed E-state index contributed by atoms with van der Waals surface area (Å²) in [5.74, 6) is 0. The number of benzene rings is 6. The van der Waals surface area contributed by atoms with Crippen molar-refractivity contribution >= 4 is 49.3 Å². The highest BCUT2D eigenvalue weighted by Gasteiger charge is 2.32. The van der Waals surface area contributed by atoms with Gasteiger partial charge in [0, 0.05) is 32.7 Å². The predicted octanol–water partition coefficient (Wildman–Crippen LogP) is 11.6. The molecular formula is C41H25F3N4. The summed E-state index contributed by atoms with van der Waals surface area (Å²) in [6.45, 7) is 11.6. The lowest BCUT2D eigenvalue weighted by Crippen LogP contribution is -2.08. The molecule has 0 spiro atoms. The molecule has 0 amide bonds. The van der Waals surface area contributed by atoms with Crippen LogP contribution in [0.25, 0.3) is 71.0 Å². The molecule has 8 rings (SSSR count). The number of aryl methyl sites for hydroxylation is 2. The van der Waals surface area contributed by atoms with Crippen LogP contribution in [0, 0.1) is 31.8 Å². The maximum atomic E-state index is 14.2. The van der Waals surface area contributed by atoms with Gasteiger partial charge in [0.1, 0.15) is 11.6 Å². The normalized spacial score (nSPS) is 11.8. The van der Waals surface area contributed by atoms with Crippen LogP contribution in [0.1, 0.15) is 22.3 Å². The Morgan fingerprint density at radius 2 is 1.23 bits per heavy atom. The van der Waals surface area contributed by atoms with Crippen LogP contribution in [0.4, 0.5) is 18.9 Å². The summed E-state index contributed by atoms with van der Waals surface area (Å²) >= 11 is 0. The molecule has 0 bridgehead atoms. The summed E-state index contributed by atoms with van der Waals surface area (Å²) < 4.78 is 46.7. The van der Waals surface area contributed by atoms with Crippen LogP contribution in [0.3, 0.4) is 0 Å². The number of hydrogen-bond donors (Lipinski definition) is 0. The quantitative estimate of drug-likeness (QED) is 0.179. The molecular weight excluding hydrogens is 605 g/mol. The number of halogens is 3. The van der Waals surface area contributed by atoms with E-state index in [4.69, 9.17) is 6.57 Å². The van der Waals surface area contributed by atoms with Gasteiger partial charge in [-0.1, -0.05) is 78.9 Å². The fourth-order valence-corrected chi connectivity index (χ4v) is 7.20. The first-order valence-corrected chi connectivity index (χ1v) is 15.4. The van der Waals surface area contributed by atoms with Crippen LogP contribution in [-0.4, -0.2) is 9.13 Å². The molecule has 2 aromatic heterocycles. The van der Waals surface area contributed by atoms with E-state index in [1.807, 2.05) is 97.3 Å². The third kappa shape index (κ3) is 4.22. The Bertz CT molecular complexity index is 2710. The molecule has 4 nitrogen and oxygen atoms in total. The minimum atomic E-state index is -4.67. The molecule has 0 unspecified atom stereocenters. The van der Waals surface area contributed by atoms with Crippen molar-refractivity contribution in [1.82, 2.24) is 9.13 Å². The number of hydrogen-bond acceptors (Lipinski definition) is 1. The topological polar surface area (TPSA) is 38.0 Å². The Hall–Kier alpha value is -6.31. The molecule has 0 atom stereocenters. The SMILES string of the molecule is [C-]#[N+]c1cc(-c2ccc(-n3c4ccccc4c4cccc(C)c43)c(C#N)c2-n2c3ccccc3c3cccc(C)c32)cc(C(F)(F)F)c1. The van der Waals surface area contributed by atoms with Gasteiger partial charge >= 0.3 is 6.18 Å². The number of fused-ring (bicyclic) bond motifs is 6. The van der Waals surface area contributed by atoms with Crippen LogP contribution in [0.15, 0.2) is 115 Å². The largest absolute Gasteiger partial charge is 0.415 e. The number of rotatable bonds is 3. The van der Waals surface area contributed by atoms with Crippen LogP contribution in [-0.2, 0) is 6.18 Å². The summed E-state index contributed by atoms with van der Waals surface area (Å²) in [6.07, 6.45) is -4.67. The van der Waals surface area contributed by atoms with Crippen molar-refractivity contribution in [2.24, 2.45) is 0 Å². The summed E-state index contributed by atoms with van der Waals surface area (Å²) in [6, 6.07) is 37.5. The zero-order chi connectivity index (χ0) is 33.3. The van der Waals surface area contributed by atoms with E-state index in [9.17, 15) is 18.4 Å². The molecule has 7 heteroatoms. The van der Waals surface area contributed by atoms with Gasteiger partial charge < -0.3 is 9.13 Å². The van der Waals surface area contributed by atoms with E-state index in [2.05, 4.69) is 27.6 Å². The van der Waals surface area contributed by atoms with Crippen molar-refractivity contribution in [1.29, 1.82) is 5.26 Å². The molecule has 6 aromatic carbocycles. The fraction of sp³-hybridized carbons (Fsp3) is 0.0732. The van der Waals surface area contributed by atoms with E-state index in [0.717, 1.165) is 66.9 Å². The number of para-hydroxylation sites is 4. The molecule has 0 fully saturated rings. The van der Waals surface area contributed by atoms with Gasteiger partial charge in [0.05, 0.1) is 40.0 Å². The minimum Gasteiger partial charge on any atom is -0.308 e. The zero-order valence-electron chi connectivity index (χ0n) is 25.9. The van der Waals surface area contributed by atoms with Gasteiger partial charge in [-0.15, -0.1) is 0 Å². The second-order valence-corrected chi connectivity index (χ2v) is 12.0. The van der Waals surface area contributed by atoms with Gasteiger partial charge in [0.2, 0.25) is 0 Å². The number of nitrogens with zero attached hydrogens (tertiary/aromatic N) is 4. The molecule has 0 saturated heterocycles. The summed E-state index contributed by atoms with van der Waals surface area (Å²) in [7, 11) is 0. The minimum absolute atomic E-state index is 0.134. The smallest absolute Gasteiger partial charge is 0.308 e. The Morgan fingerprint density at radius 1 is 0.667 bits per heavy atom. The van der Waals surface area contributed by atoms with Gasteiger partial charge in [-0.3, -0.25) is 0 Å². The fourth-order valence-electron chi connectivity index (χ4n) is 7.20. The molecule has 0 aliphatic heterocycles. The second kappa shape index (κ2) is 10.6. The molecule has 230 valence electrons. The third-order valence-electron chi connectivity index (χ3n) is 9.21. The highest BCUT2D eigenvalue weighted by molar-refractivity contribution is 6.12. The second-order valence-electron chi connectivity index (χ2n) is 12.0. The Morgan fingerprint density at radius 3 is 1.81 bits per heavy atom. The lowest BCUT2D eigenvalue weighted by atomic mass is 9.96. The van der Waals surface area contributed by atoms with Crippen molar-refractivity contribution in [2.45, 2.75) is 20.0 Å². The first-order valence-electron chi connectivity index (χ1n) is 15.4. The van der Waals surface area contributed by atoms with Crippen molar-refractivity contribution in [3.63, 3.8) is 0 Å². The van der Waals surface area contributed by atoms with Gasteiger partial charge in [-0.05, 0) is 66.9 Å². The van der Waals surface area contributed by atoms with E-state index >= 15 is 0 Å². The lowest BCUT2D eigenvalue weighted by molar-refractivity contribution is -0.137. The van der Waals surface area contributed by atoms with E-state index in [0.29, 0.717) is 22.5 Å². The van der Waals surface area contributed by atoms with Crippen LogP contribution in [0.5, 0.6) is 0 Å². The Balaban J connectivity index is 1.60. The van der Waals surface area contributed by atoms with E-state index in [-0.39, 0.29) is 11.3 Å². The zero-order valence-corrected chi connectivity index (χ0v) is 25.9. The standard InChI is InChI=1S/C41H25F3N4/c1-24-10-8-14-32-30-12-4-6-16-35(30)47(38(24)32)37-19-18-29(26-20-27(41(42,43)44)22-28(21-26)46-3)40(34(37)23-45)48-36-17-7-5-13-31(36)33-15-9-11-25(2)39(33)48/h4-22H,1-2H3. The first kappa shape index (κ1) is 29.1. The molecule has 48 heavy (non-hydrogen) atoms. The van der Waals surface area contributed by atoms with Gasteiger partial charge in [0.15, 0.2) is 5.69 Å². The Kier molecular flexibility index (Phi) is 6.44. The van der Waals surface area contributed by atoms with Gasteiger partial charge in [-0.2, -0.15) is 18.4 Å². The van der Waals surface area contributed by atoms with Gasteiger partial charge in [-0.25, -0.2) is 4.85 Å². The predicted molar refractivity (Wildman–Crippen MR) is 186 cm³/mol. The highest BCUT2D eigenvalue weighted by atomic mass is 19.4. The number of nitriles is 1. The lowest BCUT2D eigenvalue weighted by Gasteiger charge is -2.21. The molecule has 0 aliphatic carbocycles. The van der Waals surface area contributed by atoms with Crippen molar-refractivity contribution in [3.8, 4) is 28.6 Å². The average molecular weight is 631 g/mol. The van der Waals surface area contributed by atoms with E-state index in [1.165, 1.54) is 6.07 Å². The molecule has 8 aromatic rings. The van der Waals surface area contributed by atoms with Gasteiger partial charge in [0.25, 0.3) is 0 Å². The molecule has 0 radical (unpaired) electrons. The maximum Gasteiger partial charge on any atom is 0.415 e. The highest BCUT2D eigenvalue weighted by Crippen LogP contribution is 2.44. The van der Waals surface area contributed by atoms with Crippen LogP contribution >= 0.6 is 0 Å². The van der Waals surface area contributed by atoms with Crippen molar-refractivity contribution in [2.75, 3.05) is 0 Å². The average Bonchev–Trinajstić information content (AvgIpc) is 3.61. The maximum absolute atomic E-state index is 14.2. The van der Waals surface area contributed by atoms with Crippen LogP contribution < -0.4 is 0 Å². The van der Waals surface area contributed by atoms with Crippen molar-refractivity contribution in [3.05, 3.63) is 149 Å². The van der Waals surface area contributed by atoms with Crippen molar-refractivity contribution < 1.29 is 13.2 Å². The molecule has 0 N–H and O–H groups in total. The molecule has 0 aliphatic rings. The molecule has 2 heterocycles. The van der Waals surface area contributed by atoms with E-state index < -0.39 is 11.7 Å². The number of alkyl halides is 3. The summed E-state index contributed by atoms with van der Waals surface area (Å²) in [5.41, 5.74) is 6.39. The summed E-state index contributed by atoms with van der Waals surface area (Å²) in [5, 5.41) is 15.2. The Labute approximate surface area is 273 Å². The van der Waals surface area contributed by atoms with E-state index in [1.54, 1.807) is 6.07 Å². The first-order chi connectivity index (χ1) is 23.2. The third-order valence-corrected chi connectivity index (χ3v) is 9.21. The molecule has 0 saturated carbocycles. The number of aromatic nitrogens is 2. The summed E-state index contributed by atoms with van der Waals surface area (Å²) in [4.78, 5) is 3.39.